The van der Waals surface area contributed by atoms with Gasteiger partial charge in [-0.25, -0.2) is 8.42 Å². The molecule has 0 spiro atoms. The van der Waals surface area contributed by atoms with Crippen molar-refractivity contribution in [3.63, 3.8) is 0 Å². The summed E-state index contributed by atoms with van der Waals surface area (Å²) >= 11 is 1.21. The van der Waals surface area contributed by atoms with Gasteiger partial charge in [-0.3, -0.25) is 4.79 Å². The number of sulfonamides is 1. The Morgan fingerprint density at radius 1 is 1.27 bits per heavy atom. The fraction of sp³-hybridized carbons (Fsp3) is 0.706. The summed E-state index contributed by atoms with van der Waals surface area (Å²) in [5, 5.41) is 5.13. The number of piperidine rings is 1. The molecule has 1 unspecified atom stereocenters. The van der Waals surface area contributed by atoms with E-state index in [-0.39, 0.29) is 18.3 Å². The third-order valence-electron chi connectivity index (χ3n) is 5.16. The molecule has 3 rings (SSSR count). The molecule has 1 aromatic heterocycles. The van der Waals surface area contributed by atoms with Crippen LogP contribution in [0.3, 0.4) is 0 Å². The summed E-state index contributed by atoms with van der Waals surface area (Å²) in [6.45, 7) is 5.98. The van der Waals surface area contributed by atoms with Crippen LogP contribution in [0, 0.1) is 5.92 Å². The second-order valence-corrected chi connectivity index (χ2v) is 9.85. The number of amides is 1. The summed E-state index contributed by atoms with van der Waals surface area (Å²) in [4.78, 5) is 14.8. The van der Waals surface area contributed by atoms with Gasteiger partial charge >= 0.3 is 0 Å². The van der Waals surface area contributed by atoms with E-state index in [0.29, 0.717) is 23.1 Å². The van der Waals surface area contributed by atoms with Crippen LogP contribution in [-0.2, 0) is 14.8 Å². The van der Waals surface area contributed by atoms with Crippen LogP contribution in [0.15, 0.2) is 21.7 Å². The van der Waals surface area contributed by atoms with Gasteiger partial charge in [0, 0.05) is 19.6 Å². The summed E-state index contributed by atoms with van der Waals surface area (Å²) in [6.07, 6.45) is 3.35. The van der Waals surface area contributed by atoms with Crippen LogP contribution in [0.2, 0.25) is 0 Å². The number of rotatable bonds is 6. The van der Waals surface area contributed by atoms with E-state index in [9.17, 15) is 13.2 Å². The average molecular weight is 422 g/mol. The highest BCUT2D eigenvalue weighted by Gasteiger charge is 2.42. The van der Waals surface area contributed by atoms with Gasteiger partial charge in [-0.15, -0.1) is 23.7 Å². The quantitative estimate of drug-likeness (QED) is 0.764. The van der Waals surface area contributed by atoms with Crippen molar-refractivity contribution in [1.29, 1.82) is 0 Å². The van der Waals surface area contributed by atoms with Crippen molar-refractivity contribution >= 4 is 39.7 Å². The molecule has 9 heteroatoms. The molecule has 2 aliphatic heterocycles. The Morgan fingerprint density at radius 3 is 2.62 bits per heavy atom. The lowest BCUT2D eigenvalue weighted by Crippen LogP contribution is -2.50. The number of hydrogen-bond acceptors (Lipinski definition) is 5. The normalized spacial score (nSPS) is 22.3. The molecule has 2 aliphatic rings. The van der Waals surface area contributed by atoms with Crippen LogP contribution in [0.25, 0.3) is 0 Å². The summed E-state index contributed by atoms with van der Waals surface area (Å²) in [5.74, 6) is 0.595. The third-order valence-corrected chi connectivity index (χ3v) is 8.44. The molecule has 6 nitrogen and oxygen atoms in total. The van der Waals surface area contributed by atoms with E-state index in [2.05, 4.69) is 12.2 Å². The first-order chi connectivity index (χ1) is 12.0. The van der Waals surface area contributed by atoms with Crippen molar-refractivity contribution in [3.05, 3.63) is 17.5 Å². The Bertz CT molecular complexity index is 673. The zero-order chi connectivity index (χ0) is 17.9. The summed E-state index contributed by atoms with van der Waals surface area (Å²) in [5.41, 5.74) is 0. The minimum absolute atomic E-state index is 0. The van der Waals surface area contributed by atoms with Gasteiger partial charge in [0.15, 0.2) is 0 Å². The zero-order valence-corrected chi connectivity index (χ0v) is 17.5. The molecule has 1 N–H and O–H groups in total. The summed E-state index contributed by atoms with van der Waals surface area (Å²) in [7, 11) is -3.56. The molecule has 0 aromatic carbocycles. The van der Waals surface area contributed by atoms with Crippen molar-refractivity contribution in [2.45, 2.75) is 42.9 Å². The number of carbonyl (C=O) groups excluding carboxylic acids is 1. The number of carbonyl (C=O) groups is 1. The third kappa shape index (κ3) is 4.59. The highest BCUT2D eigenvalue weighted by Crippen LogP contribution is 2.30. The van der Waals surface area contributed by atoms with E-state index < -0.39 is 16.1 Å². The maximum atomic E-state index is 13.0. The molecule has 0 saturated carbocycles. The van der Waals surface area contributed by atoms with Crippen molar-refractivity contribution in [3.8, 4) is 0 Å². The zero-order valence-electron chi connectivity index (χ0n) is 15.1. The largest absolute Gasteiger partial charge is 0.341 e. The Morgan fingerprint density at radius 2 is 2.00 bits per heavy atom. The fourth-order valence-electron chi connectivity index (χ4n) is 3.72. The van der Waals surface area contributed by atoms with Gasteiger partial charge < -0.3 is 10.2 Å². The minimum Gasteiger partial charge on any atom is -0.341 e. The van der Waals surface area contributed by atoms with E-state index in [0.717, 1.165) is 45.4 Å². The van der Waals surface area contributed by atoms with Crippen molar-refractivity contribution < 1.29 is 13.2 Å². The topological polar surface area (TPSA) is 69.7 Å². The lowest BCUT2D eigenvalue weighted by molar-refractivity contribution is -0.136. The van der Waals surface area contributed by atoms with Gasteiger partial charge in [-0.2, -0.15) is 4.31 Å². The number of halogens is 1. The number of hydrogen-bond donors (Lipinski definition) is 1. The maximum absolute atomic E-state index is 13.0. The molecule has 2 saturated heterocycles. The van der Waals surface area contributed by atoms with Crippen LogP contribution >= 0.6 is 23.7 Å². The second kappa shape index (κ2) is 9.50. The Hall–Kier alpha value is -0.670. The molecular weight excluding hydrogens is 394 g/mol. The van der Waals surface area contributed by atoms with Crippen molar-refractivity contribution in [1.82, 2.24) is 14.5 Å². The molecule has 0 aliphatic carbocycles. The van der Waals surface area contributed by atoms with E-state index in [4.69, 9.17) is 0 Å². The maximum Gasteiger partial charge on any atom is 0.253 e. The highest BCUT2D eigenvalue weighted by molar-refractivity contribution is 7.91. The Kier molecular flexibility index (Phi) is 7.90. The molecule has 3 heterocycles. The fourth-order valence-corrected chi connectivity index (χ4v) is 6.49. The predicted octanol–water partition coefficient (Wildman–Crippen LogP) is 2.17. The first kappa shape index (κ1) is 21.6. The van der Waals surface area contributed by atoms with Gasteiger partial charge in [0.05, 0.1) is 0 Å². The van der Waals surface area contributed by atoms with Gasteiger partial charge in [-0.05, 0) is 56.1 Å². The molecule has 0 radical (unpaired) electrons. The van der Waals surface area contributed by atoms with Gasteiger partial charge in [0.1, 0.15) is 10.3 Å². The second-order valence-electron chi connectivity index (χ2n) is 6.78. The monoisotopic (exact) mass is 421 g/mol. The lowest BCUT2D eigenvalue weighted by Gasteiger charge is -2.35. The van der Waals surface area contributed by atoms with Gasteiger partial charge in [0.25, 0.3) is 10.0 Å². The van der Waals surface area contributed by atoms with Crippen LogP contribution in [0.1, 0.15) is 32.6 Å². The summed E-state index contributed by atoms with van der Waals surface area (Å²) in [6, 6.07) is 2.82. The highest BCUT2D eigenvalue weighted by atomic mass is 35.5. The van der Waals surface area contributed by atoms with Crippen molar-refractivity contribution in [2.75, 3.05) is 32.7 Å². The Labute approximate surface area is 166 Å². The van der Waals surface area contributed by atoms with Crippen LogP contribution in [-0.4, -0.2) is 62.3 Å². The average Bonchev–Trinajstić information content (AvgIpc) is 3.31. The molecule has 2 fully saturated rings. The van der Waals surface area contributed by atoms with E-state index in [1.807, 2.05) is 4.90 Å². The molecule has 148 valence electrons. The SMILES string of the molecule is CCNCC1CCN(C(=O)C2CCCN2S(=O)(=O)c2cccs2)CC1.Cl. The van der Waals surface area contributed by atoms with Crippen LogP contribution < -0.4 is 5.32 Å². The minimum atomic E-state index is -3.56. The molecule has 0 bridgehead atoms. The van der Waals surface area contributed by atoms with E-state index in [1.165, 1.54) is 15.6 Å². The molecular formula is C17H28ClN3O3S2. The number of likely N-dealkylation sites (tertiary alicyclic amines) is 1. The summed E-state index contributed by atoms with van der Waals surface area (Å²) < 4.78 is 27.4. The number of nitrogens with one attached hydrogen (secondary N) is 1. The predicted molar refractivity (Wildman–Crippen MR) is 106 cm³/mol. The molecule has 1 amide bonds. The lowest BCUT2D eigenvalue weighted by atomic mass is 9.96. The van der Waals surface area contributed by atoms with Crippen molar-refractivity contribution in [2.24, 2.45) is 5.92 Å². The van der Waals surface area contributed by atoms with Gasteiger partial charge in [-0.1, -0.05) is 13.0 Å². The van der Waals surface area contributed by atoms with Crippen LogP contribution in [0.4, 0.5) is 0 Å². The smallest absolute Gasteiger partial charge is 0.253 e. The molecule has 1 aromatic rings. The Balaban J connectivity index is 0.00000243. The van der Waals surface area contributed by atoms with E-state index >= 15 is 0 Å². The molecule has 26 heavy (non-hydrogen) atoms. The standard InChI is InChI=1S/C17H27N3O3S2.ClH/c1-2-18-13-14-7-10-19(11-8-14)17(21)15-5-3-9-20(15)25(22,23)16-6-4-12-24-16;/h4,6,12,14-15,18H,2-3,5,7-11,13H2,1H3;1H. The van der Waals surface area contributed by atoms with Crippen LogP contribution in [0.5, 0.6) is 0 Å². The van der Waals surface area contributed by atoms with E-state index in [1.54, 1.807) is 17.5 Å². The number of thiophene rings is 1. The van der Waals surface area contributed by atoms with Gasteiger partial charge in [0.2, 0.25) is 5.91 Å². The first-order valence-electron chi connectivity index (χ1n) is 9.09. The number of nitrogens with zero attached hydrogens (tertiary/aromatic N) is 2. The first-order valence-corrected chi connectivity index (χ1v) is 11.4. The molecule has 1 atom stereocenters.